The van der Waals surface area contributed by atoms with E-state index in [1.54, 1.807) is 19.9 Å². The third kappa shape index (κ3) is 2.76. The van der Waals surface area contributed by atoms with Gasteiger partial charge in [0.2, 0.25) is 0 Å². The maximum atomic E-state index is 13.1. The average Bonchev–Trinajstić information content (AvgIpc) is 2.30. The highest BCUT2D eigenvalue weighted by Crippen LogP contribution is 2.29. The Morgan fingerprint density at radius 3 is 2.59 bits per heavy atom. The highest BCUT2D eigenvalue weighted by atomic mass is 35.5. The number of rotatable bonds is 3. The largest absolute Gasteiger partial charge is 0.468 e. The fourth-order valence-electron chi connectivity index (χ4n) is 1.50. The number of hydrogen-bond acceptors (Lipinski definition) is 3. The zero-order valence-electron chi connectivity index (χ0n) is 9.96. The summed E-state index contributed by atoms with van der Waals surface area (Å²) in [4.78, 5) is 11.4. The first-order valence-electron chi connectivity index (χ1n) is 5.09. The first-order chi connectivity index (χ1) is 7.80. The van der Waals surface area contributed by atoms with Crippen LogP contribution < -0.4 is 5.73 Å². The normalized spacial score (nSPS) is 13.3. The van der Waals surface area contributed by atoms with E-state index in [1.165, 1.54) is 19.2 Å². The molecule has 94 valence electrons. The second-order valence-corrected chi connectivity index (χ2v) is 4.76. The molecule has 3 nitrogen and oxygen atoms in total. The molecule has 1 aromatic carbocycles. The van der Waals surface area contributed by atoms with E-state index in [4.69, 9.17) is 17.3 Å². The quantitative estimate of drug-likeness (QED) is 0.847. The van der Waals surface area contributed by atoms with Gasteiger partial charge in [-0.05, 0) is 17.7 Å². The van der Waals surface area contributed by atoms with Gasteiger partial charge in [-0.15, -0.1) is 0 Å². The molecule has 2 N–H and O–H groups in total. The van der Waals surface area contributed by atoms with Gasteiger partial charge in [0.1, 0.15) is 11.9 Å². The van der Waals surface area contributed by atoms with Gasteiger partial charge in [-0.1, -0.05) is 31.5 Å². The number of carbonyl (C=O) groups excluding carboxylic acids is 1. The molecule has 5 heteroatoms. The van der Waals surface area contributed by atoms with Crippen LogP contribution in [-0.2, 0) is 14.9 Å². The van der Waals surface area contributed by atoms with Crippen molar-refractivity contribution in [3.8, 4) is 0 Å². The molecule has 0 aliphatic rings. The van der Waals surface area contributed by atoms with E-state index in [-0.39, 0.29) is 5.02 Å². The van der Waals surface area contributed by atoms with Crippen LogP contribution in [0.25, 0.3) is 0 Å². The highest BCUT2D eigenvalue weighted by molar-refractivity contribution is 6.30. The fourth-order valence-corrected chi connectivity index (χ4v) is 1.68. The van der Waals surface area contributed by atoms with Gasteiger partial charge in [-0.2, -0.15) is 0 Å². The van der Waals surface area contributed by atoms with Gasteiger partial charge in [0, 0.05) is 5.41 Å². The van der Waals surface area contributed by atoms with Crippen molar-refractivity contribution in [2.24, 2.45) is 5.73 Å². The van der Waals surface area contributed by atoms with Gasteiger partial charge < -0.3 is 10.5 Å². The molecule has 0 aromatic heterocycles. The number of esters is 1. The van der Waals surface area contributed by atoms with Crippen molar-refractivity contribution in [3.63, 3.8) is 0 Å². The first-order valence-corrected chi connectivity index (χ1v) is 5.47. The summed E-state index contributed by atoms with van der Waals surface area (Å²) < 4.78 is 17.7. The van der Waals surface area contributed by atoms with E-state index in [1.807, 2.05) is 0 Å². The standard InChI is InChI=1S/C12H15ClFNO2/c1-12(2,10(15)11(16)17-3)7-4-5-9(14)8(13)6-7/h4-6,10H,15H2,1-3H3. The van der Waals surface area contributed by atoms with Crippen molar-refractivity contribution in [2.75, 3.05) is 7.11 Å². The Kier molecular flexibility index (Phi) is 4.11. The summed E-state index contributed by atoms with van der Waals surface area (Å²) in [7, 11) is 1.27. The molecule has 0 aliphatic heterocycles. The Bertz CT molecular complexity index is 435. The number of hydrogen-bond donors (Lipinski definition) is 1. The molecule has 1 rings (SSSR count). The van der Waals surface area contributed by atoms with Gasteiger partial charge in [0.25, 0.3) is 0 Å². The molecule has 0 saturated heterocycles. The second kappa shape index (κ2) is 5.02. The Morgan fingerprint density at radius 2 is 2.12 bits per heavy atom. The van der Waals surface area contributed by atoms with Crippen molar-refractivity contribution in [2.45, 2.75) is 25.3 Å². The van der Waals surface area contributed by atoms with E-state index < -0.39 is 23.2 Å². The molecule has 0 amide bonds. The molecule has 0 aliphatic carbocycles. The minimum Gasteiger partial charge on any atom is -0.468 e. The lowest BCUT2D eigenvalue weighted by atomic mass is 9.78. The maximum absolute atomic E-state index is 13.1. The molecule has 0 heterocycles. The van der Waals surface area contributed by atoms with E-state index in [0.717, 1.165) is 0 Å². The molecule has 0 fully saturated rings. The zero-order chi connectivity index (χ0) is 13.2. The van der Waals surface area contributed by atoms with Crippen LogP contribution in [-0.4, -0.2) is 19.1 Å². The lowest BCUT2D eigenvalue weighted by Gasteiger charge is -2.30. The van der Waals surface area contributed by atoms with Gasteiger partial charge in [-0.3, -0.25) is 4.79 Å². The van der Waals surface area contributed by atoms with Crippen LogP contribution in [0, 0.1) is 5.82 Å². The number of carbonyl (C=O) groups is 1. The lowest BCUT2D eigenvalue weighted by Crippen LogP contribution is -2.47. The first kappa shape index (κ1) is 13.9. The molecule has 1 aromatic rings. The summed E-state index contributed by atoms with van der Waals surface area (Å²) in [6, 6.07) is 3.45. The molecule has 0 radical (unpaired) electrons. The number of halogens is 2. The van der Waals surface area contributed by atoms with E-state index in [9.17, 15) is 9.18 Å². The molecule has 17 heavy (non-hydrogen) atoms. The van der Waals surface area contributed by atoms with Gasteiger partial charge in [-0.25, -0.2) is 4.39 Å². The molecule has 1 atom stereocenters. The fraction of sp³-hybridized carbons (Fsp3) is 0.417. The van der Waals surface area contributed by atoms with Crippen molar-refractivity contribution in [1.29, 1.82) is 0 Å². The Hall–Kier alpha value is -1.13. The Labute approximate surface area is 105 Å². The molecule has 0 bridgehead atoms. The van der Waals surface area contributed by atoms with Crippen molar-refractivity contribution in [1.82, 2.24) is 0 Å². The van der Waals surface area contributed by atoms with Crippen LogP contribution in [0.1, 0.15) is 19.4 Å². The predicted molar refractivity (Wildman–Crippen MR) is 64.4 cm³/mol. The molecule has 0 spiro atoms. The molecular formula is C12H15ClFNO2. The van der Waals surface area contributed by atoms with Crippen LogP contribution in [0.15, 0.2) is 18.2 Å². The number of benzene rings is 1. The molecule has 0 saturated carbocycles. The summed E-state index contributed by atoms with van der Waals surface area (Å²) in [6.45, 7) is 3.55. The Morgan fingerprint density at radius 1 is 1.53 bits per heavy atom. The van der Waals surface area contributed by atoms with E-state index in [0.29, 0.717) is 5.56 Å². The van der Waals surface area contributed by atoms with E-state index >= 15 is 0 Å². The van der Waals surface area contributed by atoms with Crippen LogP contribution in [0.2, 0.25) is 5.02 Å². The minimum absolute atomic E-state index is 0.00707. The van der Waals surface area contributed by atoms with Crippen LogP contribution >= 0.6 is 11.6 Å². The van der Waals surface area contributed by atoms with Crippen LogP contribution in [0.4, 0.5) is 4.39 Å². The summed E-state index contributed by atoms with van der Waals surface area (Å²) in [5.74, 6) is -1.02. The third-order valence-corrected chi connectivity index (χ3v) is 3.19. The van der Waals surface area contributed by atoms with Crippen molar-refractivity contribution in [3.05, 3.63) is 34.6 Å². The summed E-state index contributed by atoms with van der Waals surface area (Å²) in [6.07, 6.45) is 0. The SMILES string of the molecule is COC(=O)C(N)C(C)(C)c1ccc(F)c(Cl)c1. The second-order valence-electron chi connectivity index (χ2n) is 4.35. The highest BCUT2D eigenvalue weighted by Gasteiger charge is 2.34. The zero-order valence-corrected chi connectivity index (χ0v) is 10.7. The lowest BCUT2D eigenvalue weighted by molar-refractivity contribution is -0.143. The third-order valence-electron chi connectivity index (χ3n) is 2.90. The summed E-state index contributed by atoms with van der Waals surface area (Å²) >= 11 is 5.71. The van der Waals surface area contributed by atoms with Crippen molar-refractivity contribution < 1.29 is 13.9 Å². The number of methoxy groups -OCH3 is 1. The topological polar surface area (TPSA) is 52.3 Å². The van der Waals surface area contributed by atoms with Crippen LogP contribution in [0.5, 0.6) is 0 Å². The molecular weight excluding hydrogens is 245 g/mol. The smallest absolute Gasteiger partial charge is 0.323 e. The predicted octanol–water partition coefficient (Wildman–Crippen LogP) is 2.26. The van der Waals surface area contributed by atoms with Crippen LogP contribution in [0.3, 0.4) is 0 Å². The Balaban J connectivity index is 3.11. The average molecular weight is 260 g/mol. The number of ether oxygens (including phenoxy) is 1. The van der Waals surface area contributed by atoms with Gasteiger partial charge >= 0.3 is 5.97 Å². The van der Waals surface area contributed by atoms with E-state index in [2.05, 4.69) is 4.74 Å². The van der Waals surface area contributed by atoms with Gasteiger partial charge in [0.15, 0.2) is 0 Å². The number of nitrogens with two attached hydrogens (primary N) is 1. The maximum Gasteiger partial charge on any atom is 0.323 e. The van der Waals surface area contributed by atoms with Crippen molar-refractivity contribution >= 4 is 17.6 Å². The summed E-state index contributed by atoms with van der Waals surface area (Å²) in [5.41, 5.74) is 5.81. The minimum atomic E-state index is -0.839. The van der Waals surface area contributed by atoms with Gasteiger partial charge in [0.05, 0.1) is 12.1 Å². The monoisotopic (exact) mass is 259 g/mol. The molecule has 1 unspecified atom stereocenters. The summed E-state index contributed by atoms with van der Waals surface area (Å²) in [5, 5.41) is 0.00707.